The lowest BCUT2D eigenvalue weighted by Crippen LogP contribution is -2.49. The molecule has 3 fully saturated rings. The smallest absolute Gasteiger partial charge is 0.319 e. The molecule has 0 spiro atoms. The molecule has 2 aliphatic heterocycles. The number of ether oxygens (including phenoxy) is 5. The maximum absolute atomic E-state index is 13.6. The van der Waals surface area contributed by atoms with E-state index in [1.54, 1.807) is 20.3 Å². The average molecular weight is 917 g/mol. The van der Waals surface area contributed by atoms with Crippen LogP contribution in [0.3, 0.4) is 0 Å². The van der Waals surface area contributed by atoms with Crippen LogP contribution in [0, 0.1) is 18.2 Å². The highest BCUT2D eigenvalue weighted by molar-refractivity contribution is 6.31. The van der Waals surface area contributed by atoms with Crippen molar-refractivity contribution < 1.29 is 32.9 Å². The van der Waals surface area contributed by atoms with Gasteiger partial charge in [-0.1, -0.05) is 23.6 Å². The third-order valence-corrected chi connectivity index (χ3v) is 12.5. The molecule has 1 saturated carbocycles. The van der Waals surface area contributed by atoms with E-state index < -0.39 is 5.82 Å². The Bertz CT molecular complexity index is 2680. The summed E-state index contributed by atoms with van der Waals surface area (Å²) in [7, 11) is 5.16. The van der Waals surface area contributed by atoms with Gasteiger partial charge in [-0.3, -0.25) is 0 Å². The van der Waals surface area contributed by atoms with E-state index in [9.17, 15) is 9.18 Å². The Hall–Kier alpha value is -6.63. The number of aromatic nitrogens is 4. The Balaban J connectivity index is 0.000000188. The first-order valence-electron chi connectivity index (χ1n) is 22.3. The van der Waals surface area contributed by atoms with Crippen LogP contribution >= 0.6 is 11.6 Å². The van der Waals surface area contributed by atoms with Crippen LogP contribution in [0.2, 0.25) is 5.02 Å². The van der Waals surface area contributed by atoms with E-state index in [2.05, 4.69) is 36.5 Å². The van der Waals surface area contributed by atoms with Crippen LogP contribution in [0.15, 0.2) is 79.4 Å². The number of hydrogen-bond donors (Lipinski definition) is 2. The Labute approximate surface area is 389 Å². The molecule has 2 N–H and O–H groups in total. The minimum Gasteiger partial charge on any atom is -0.493 e. The predicted molar refractivity (Wildman–Crippen MR) is 254 cm³/mol. The SMILES string of the molecule is C#Cc1cccc(Nc2ncnc3cc(OC)c(OC4CCOCC4)cc23)c1.COc1cc2ncnc(Nc3ccc(F)c(Cl)c3)c2cc1OC1CCC(N(C)C(=O)N2CCCCC2)CC1. The lowest BCUT2D eigenvalue weighted by atomic mass is 9.92. The first kappa shape index (κ1) is 45.9. The number of terminal acetylenes is 1. The highest BCUT2D eigenvalue weighted by Crippen LogP contribution is 2.39. The summed E-state index contributed by atoms with van der Waals surface area (Å²) in [5, 5.41) is 8.14. The topological polar surface area (TPSA) is 145 Å². The molecule has 4 aromatic carbocycles. The van der Waals surface area contributed by atoms with Gasteiger partial charge in [0, 0.05) is 78.9 Å². The molecule has 0 bridgehead atoms. The van der Waals surface area contributed by atoms with Crippen LogP contribution in [0.1, 0.15) is 63.4 Å². The number of benzene rings is 4. The van der Waals surface area contributed by atoms with Crippen molar-refractivity contribution in [2.45, 2.75) is 76.0 Å². The summed E-state index contributed by atoms with van der Waals surface area (Å²) in [5.74, 6) is 5.91. The maximum atomic E-state index is 13.6. The molecule has 2 saturated heterocycles. The number of fused-ring (bicyclic) bond motifs is 2. The minimum atomic E-state index is -0.484. The highest BCUT2D eigenvalue weighted by Gasteiger charge is 2.31. The molecule has 344 valence electrons. The molecule has 66 heavy (non-hydrogen) atoms. The molecule has 1 aliphatic carbocycles. The largest absolute Gasteiger partial charge is 0.493 e. The van der Waals surface area contributed by atoms with Crippen LogP contribution in [-0.2, 0) is 4.74 Å². The number of amides is 2. The van der Waals surface area contributed by atoms with Gasteiger partial charge in [0.1, 0.15) is 36.2 Å². The van der Waals surface area contributed by atoms with E-state index in [1.165, 1.54) is 31.2 Å². The van der Waals surface area contributed by atoms with Crippen LogP contribution in [0.5, 0.6) is 23.0 Å². The van der Waals surface area contributed by atoms with Crippen molar-refractivity contribution in [3.63, 3.8) is 0 Å². The molecule has 6 aromatic rings. The van der Waals surface area contributed by atoms with Gasteiger partial charge in [-0.05, 0) is 93.5 Å². The van der Waals surface area contributed by atoms with Crippen molar-refractivity contribution in [3.05, 3.63) is 95.8 Å². The maximum Gasteiger partial charge on any atom is 0.319 e. The second-order valence-electron chi connectivity index (χ2n) is 16.5. The van der Waals surface area contributed by atoms with Gasteiger partial charge < -0.3 is 44.1 Å². The number of carbonyl (C=O) groups excluding carboxylic acids is 1. The van der Waals surface area contributed by atoms with Gasteiger partial charge in [0.25, 0.3) is 0 Å². The number of methoxy groups -OCH3 is 2. The summed E-state index contributed by atoms with van der Waals surface area (Å²) >= 11 is 5.95. The first-order valence-corrected chi connectivity index (χ1v) is 22.7. The van der Waals surface area contributed by atoms with Gasteiger partial charge in [0.05, 0.1) is 49.6 Å². The minimum absolute atomic E-state index is 0.00744. The van der Waals surface area contributed by atoms with Crippen molar-refractivity contribution in [2.75, 3.05) is 58.2 Å². The van der Waals surface area contributed by atoms with Crippen molar-refractivity contribution in [3.8, 4) is 35.3 Å². The fourth-order valence-electron chi connectivity index (χ4n) is 8.53. The van der Waals surface area contributed by atoms with Crippen molar-refractivity contribution in [2.24, 2.45) is 0 Å². The molecule has 2 aromatic heterocycles. The zero-order valence-electron chi connectivity index (χ0n) is 37.4. The Morgan fingerprint density at radius 1 is 0.758 bits per heavy atom. The second kappa shape index (κ2) is 21.6. The van der Waals surface area contributed by atoms with Crippen LogP contribution in [-0.4, -0.2) is 102 Å². The number of nitrogens with zero attached hydrogens (tertiary/aromatic N) is 6. The van der Waals surface area contributed by atoms with E-state index >= 15 is 0 Å². The molecule has 9 rings (SSSR count). The fraction of sp³-hybridized carbons (Fsp3) is 0.380. The molecule has 0 radical (unpaired) electrons. The lowest BCUT2D eigenvalue weighted by Gasteiger charge is -2.38. The molecule has 2 amide bonds. The van der Waals surface area contributed by atoms with E-state index in [0.29, 0.717) is 59.1 Å². The number of hydrogen-bond acceptors (Lipinski definition) is 12. The molecular weight excluding hydrogens is 863 g/mol. The van der Waals surface area contributed by atoms with Gasteiger partial charge >= 0.3 is 6.03 Å². The number of urea groups is 1. The molecule has 4 heterocycles. The number of piperidine rings is 1. The van der Waals surface area contributed by atoms with E-state index in [0.717, 1.165) is 92.0 Å². The number of nitrogens with one attached hydrogen (secondary N) is 2. The third kappa shape index (κ3) is 11.1. The zero-order valence-corrected chi connectivity index (χ0v) is 38.2. The monoisotopic (exact) mass is 916 g/mol. The quantitative estimate of drug-likeness (QED) is 0.119. The summed E-state index contributed by atoms with van der Waals surface area (Å²) in [6.45, 7) is 3.14. The van der Waals surface area contributed by atoms with Crippen molar-refractivity contribution in [1.82, 2.24) is 29.7 Å². The van der Waals surface area contributed by atoms with Gasteiger partial charge in [-0.2, -0.15) is 0 Å². The van der Waals surface area contributed by atoms with E-state index in [-0.39, 0.29) is 29.3 Å². The van der Waals surface area contributed by atoms with E-state index in [1.807, 2.05) is 65.4 Å². The van der Waals surface area contributed by atoms with Gasteiger partial charge in [-0.25, -0.2) is 29.1 Å². The number of carbonyl (C=O) groups is 1. The Morgan fingerprint density at radius 3 is 1.89 bits per heavy atom. The molecule has 16 heteroatoms. The zero-order chi connectivity index (χ0) is 46.0. The second-order valence-corrected chi connectivity index (χ2v) is 16.9. The lowest BCUT2D eigenvalue weighted by molar-refractivity contribution is 0.0246. The van der Waals surface area contributed by atoms with E-state index in [4.69, 9.17) is 41.7 Å². The molecule has 3 aliphatic rings. The molecule has 0 atom stereocenters. The average Bonchev–Trinajstić information content (AvgIpc) is 3.35. The van der Waals surface area contributed by atoms with Gasteiger partial charge in [0.15, 0.2) is 23.0 Å². The van der Waals surface area contributed by atoms with Crippen LogP contribution in [0.4, 0.5) is 32.2 Å². The summed E-state index contributed by atoms with van der Waals surface area (Å²) in [4.78, 5) is 34.4. The van der Waals surface area contributed by atoms with Crippen molar-refractivity contribution >= 4 is 62.4 Å². The van der Waals surface area contributed by atoms with Crippen molar-refractivity contribution in [1.29, 1.82) is 0 Å². The molecule has 14 nitrogen and oxygen atoms in total. The van der Waals surface area contributed by atoms with Gasteiger partial charge in [0.2, 0.25) is 0 Å². The van der Waals surface area contributed by atoms with Gasteiger partial charge in [-0.15, -0.1) is 6.42 Å². The highest BCUT2D eigenvalue weighted by atomic mass is 35.5. The molecular formula is C50H54ClFN8O6. The standard InChI is InChI=1S/C28H33ClFN5O3.C22H21N3O3/c1-34(28(36)35-12-4-3-5-13-35)19-7-9-20(10-8-19)38-26-15-21-24(16-25(26)37-2)31-17-32-27(21)33-18-6-11-23(30)22(29)14-18;1-3-15-5-4-6-16(11-15)25-22-18-12-21(28-17-7-9-27-10-8-17)20(26-2)13-19(18)23-14-24-22/h6,11,14-17,19-20H,3-5,7-10,12-13H2,1-2H3,(H,31,32,33);1,4-6,11-14,17H,7-10H2,2H3,(H,23,24,25). The number of likely N-dealkylation sites (tertiary alicyclic amines) is 1. The predicted octanol–water partition coefficient (Wildman–Crippen LogP) is 10.3. The van der Waals surface area contributed by atoms with Crippen LogP contribution in [0.25, 0.3) is 21.8 Å². The number of halogens is 2. The Morgan fingerprint density at radius 2 is 1.33 bits per heavy atom. The third-order valence-electron chi connectivity index (χ3n) is 12.2. The fourth-order valence-corrected chi connectivity index (χ4v) is 8.71. The summed E-state index contributed by atoms with van der Waals surface area (Å²) in [6.07, 6.45) is 17.2. The van der Waals surface area contributed by atoms with Crippen LogP contribution < -0.4 is 29.6 Å². The first-order chi connectivity index (χ1) is 32.2. The number of rotatable bonds is 11. The summed E-state index contributed by atoms with van der Waals surface area (Å²) in [5.41, 5.74) is 3.71. The summed E-state index contributed by atoms with van der Waals surface area (Å²) in [6, 6.07) is 19.9. The summed E-state index contributed by atoms with van der Waals surface area (Å²) < 4.78 is 42.8. The number of anilines is 4. The normalized spacial score (nSPS) is 17.5. The Kier molecular flexibility index (Phi) is 15.0. The molecule has 0 unspecified atom stereocenters.